The molecule has 1 saturated carbocycles. The first kappa shape index (κ1) is 17.9. The Bertz CT molecular complexity index is 722. The van der Waals surface area contributed by atoms with Gasteiger partial charge in [0.25, 0.3) is 0 Å². The number of amides is 1. The van der Waals surface area contributed by atoms with Gasteiger partial charge < -0.3 is 5.73 Å². The van der Waals surface area contributed by atoms with Gasteiger partial charge in [0.05, 0.1) is 5.41 Å². The van der Waals surface area contributed by atoms with Crippen LogP contribution in [0.4, 0.5) is 4.39 Å². The summed E-state index contributed by atoms with van der Waals surface area (Å²) in [6.07, 6.45) is 6.00. The average Bonchev–Trinajstić information content (AvgIpc) is 3.06. The molecule has 1 fully saturated rings. The normalized spacial score (nSPS) is 26.8. The van der Waals surface area contributed by atoms with Crippen LogP contribution in [-0.2, 0) is 16.8 Å². The Morgan fingerprint density at radius 3 is 2.56 bits per heavy atom. The van der Waals surface area contributed by atoms with Crippen LogP contribution in [0, 0.1) is 17.2 Å². The SMILES string of the molecule is CN1C(=O)C(C)(C)[C@@](C)(c2cc(CC3CCCC3)ccc2F)N=C1N. The molecule has 2 aliphatic rings. The number of nitrogens with zero attached hydrogens (tertiary/aromatic N) is 2. The lowest BCUT2D eigenvalue weighted by atomic mass is 9.67. The number of aliphatic imine (C=N–C) groups is 1. The second-order valence-electron chi connectivity index (χ2n) is 8.20. The molecule has 0 aromatic heterocycles. The van der Waals surface area contributed by atoms with E-state index in [4.69, 9.17) is 5.73 Å². The third-order valence-electron chi connectivity index (χ3n) is 6.29. The molecular formula is C20H28FN3O. The summed E-state index contributed by atoms with van der Waals surface area (Å²) in [5.41, 5.74) is 5.60. The van der Waals surface area contributed by atoms with Gasteiger partial charge in [-0.25, -0.2) is 9.38 Å². The van der Waals surface area contributed by atoms with Gasteiger partial charge in [-0.2, -0.15) is 0 Å². The Kier molecular flexibility index (Phi) is 4.38. The van der Waals surface area contributed by atoms with E-state index < -0.39 is 11.0 Å². The smallest absolute Gasteiger partial charge is 0.237 e. The van der Waals surface area contributed by atoms with Crippen LogP contribution in [-0.4, -0.2) is 23.8 Å². The zero-order valence-corrected chi connectivity index (χ0v) is 15.6. The third-order valence-corrected chi connectivity index (χ3v) is 6.29. The number of halogens is 1. The molecule has 0 bridgehead atoms. The Morgan fingerprint density at radius 1 is 1.28 bits per heavy atom. The standard InChI is InChI=1S/C20H28FN3O/c1-19(2)17(25)24(4)18(22)23-20(19,3)15-12-14(9-10-16(15)21)11-13-7-5-6-8-13/h9-10,12-13H,5-8,11H2,1-4H3,(H2,22,23)/t20-/m1/s1. The fraction of sp³-hybridized carbons (Fsp3) is 0.600. The lowest BCUT2D eigenvalue weighted by molar-refractivity contribution is -0.140. The van der Waals surface area contributed by atoms with Crippen molar-refractivity contribution in [1.82, 2.24) is 4.90 Å². The van der Waals surface area contributed by atoms with E-state index in [9.17, 15) is 9.18 Å². The zero-order valence-electron chi connectivity index (χ0n) is 15.6. The van der Waals surface area contributed by atoms with E-state index in [-0.39, 0.29) is 17.7 Å². The van der Waals surface area contributed by atoms with Crippen molar-refractivity contribution in [3.8, 4) is 0 Å². The van der Waals surface area contributed by atoms with E-state index in [1.807, 2.05) is 32.9 Å². The van der Waals surface area contributed by atoms with Gasteiger partial charge in [0.1, 0.15) is 11.4 Å². The fourth-order valence-corrected chi connectivity index (χ4v) is 4.19. The molecule has 0 radical (unpaired) electrons. The van der Waals surface area contributed by atoms with Crippen molar-refractivity contribution in [1.29, 1.82) is 0 Å². The molecule has 25 heavy (non-hydrogen) atoms. The lowest BCUT2D eigenvalue weighted by Gasteiger charge is -2.46. The monoisotopic (exact) mass is 345 g/mol. The Morgan fingerprint density at radius 2 is 1.92 bits per heavy atom. The van der Waals surface area contributed by atoms with Gasteiger partial charge in [0.2, 0.25) is 5.91 Å². The summed E-state index contributed by atoms with van der Waals surface area (Å²) in [7, 11) is 1.61. The van der Waals surface area contributed by atoms with Gasteiger partial charge in [-0.1, -0.05) is 37.8 Å². The molecule has 2 N–H and O–H groups in total. The van der Waals surface area contributed by atoms with E-state index in [1.165, 1.54) is 36.6 Å². The molecule has 0 unspecified atom stereocenters. The number of guanidine groups is 1. The van der Waals surface area contributed by atoms with Crippen molar-refractivity contribution in [2.45, 2.75) is 58.4 Å². The Labute approximate surface area is 149 Å². The quantitative estimate of drug-likeness (QED) is 0.910. The van der Waals surface area contributed by atoms with Gasteiger partial charge in [0, 0.05) is 12.6 Å². The number of hydrogen-bond donors (Lipinski definition) is 1. The minimum atomic E-state index is -1.03. The maximum absolute atomic E-state index is 14.8. The van der Waals surface area contributed by atoms with Gasteiger partial charge in [0.15, 0.2) is 5.96 Å². The largest absolute Gasteiger partial charge is 0.369 e. The predicted molar refractivity (Wildman–Crippen MR) is 97.6 cm³/mol. The van der Waals surface area contributed by atoms with E-state index in [0.717, 1.165) is 12.0 Å². The summed E-state index contributed by atoms with van der Waals surface area (Å²) >= 11 is 0. The molecule has 1 aliphatic heterocycles. The Balaban J connectivity index is 2.05. The second-order valence-corrected chi connectivity index (χ2v) is 8.20. The molecule has 1 aromatic rings. The fourth-order valence-electron chi connectivity index (χ4n) is 4.19. The van der Waals surface area contributed by atoms with Crippen LogP contribution in [0.25, 0.3) is 0 Å². The lowest BCUT2D eigenvalue weighted by Crippen LogP contribution is -2.58. The van der Waals surface area contributed by atoms with Crippen molar-refractivity contribution in [3.63, 3.8) is 0 Å². The zero-order chi connectivity index (χ0) is 18.4. The van der Waals surface area contributed by atoms with Crippen molar-refractivity contribution >= 4 is 11.9 Å². The van der Waals surface area contributed by atoms with E-state index in [2.05, 4.69) is 4.99 Å². The number of rotatable bonds is 3. The van der Waals surface area contributed by atoms with Crippen LogP contribution < -0.4 is 5.73 Å². The van der Waals surface area contributed by atoms with Crippen LogP contribution in [0.1, 0.15) is 57.6 Å². The van der Waals surface area contributed by atoms with E-state index in [1.54, 1.807) is 7.05 Å². The summed E-state index contributed by atoms with van der Waals surface area (Å²) in [5.74, 6) is 0.321. The molecule has 1 amide bonds. The minimum absolute atomic E-state index is 0.132. The summed E-state index contributed by atoms with van der Waals surface area (Å²) in [6, 6.07) is 5.26. The van der Waals surface area contributed by atoms with Crippen molar-refractivity contribution in [2.24, 2.45) is 22.1 Å². The summed E-state index contributed by atoms with van der Waals surface area (Å²) < 4.78 is 14.8. The minimum Gasteiger partial charge on any atom is -0.369 e. The molecule has 5 heteroatoms. The Hall–Kier alpha value is -1.91. The molecule has 0 spiro atoms. The predicted octanol–water partition coefficient (Wildman–Crippen LogP) is 3.59. The molecule has 1 aliphatic carbocycles. The van der Waals surface area contributed by atoms with Crippen LogP contribution in [0.2, 0.25) is 0 Å². The average molecular weight is 345 g/mol. The van der Waals surface area contributed by atoms with Gasteiger partial charge in [-0.15, -0.1) is 0 Å². The number of carbonyl (C=O) groups excluding carboxylic acids is 1. The second kappa shape index (κ2) is 6.11. The van der Waals surface area contributed by atoms with Gasteiger partial charge in [-0.05, 0) is 44.7 Å². The maximum atomic E-state index is 14.8. The highest BCUT2D eigenvalue weighted by Crippen LogP contribution is 2.47. The van der Waals surface area contributed by atoms with Gasteiger partial charge >= 0.3 is 0 Å². The van der Waals surface area contributed by atoms with Crippen LogP contribution in [0.3, 0.4) is 0 Å². The van der Waals surface area contributed by atoms with Crippen LogP contribution in [0.5, 0.6) is 0 Å². The molecule has 1 heterocycles. The van der Waals surface area contributed by atoms with E-state index in [0.29, 0.717) is 11.5 Å². The highest BCUT2D eigenvalue weighted by molar-refractivity contribution is 6.01. The summed E-state index contributed by atoms with van der Waals surface area (Å²) in [4.78, 5) is 18.7. The van der Waals surface area contributed by atoms with Crippen LogP contribution >= 0.6 is 0 Å². The number of benzene rings is 1. The van der Waals surface area contributed by atoms with Crippen molar-refractivity contribution in [2.75, 3.05) is 7.05 Å². The molecule has 4 nitrogen and oxygen atoms in total. The van der Waals surface area contributed by atoms with Crippen LogP contribution in [0.15, 0.2) is 23.2 Å². The number of carbonyl (C=O) groups is 1. The first-order chi connectivity index (χ1) is 11.7. The number of nitrogens with two attached hydrogens (primary N) is 1. The summed E-state index contributed by atoms with van der Waals surface area (Å²) in [6.45, 7) is 5.43. The molecule has 1 aromatic carbocycles. The molecule has 1 atom stereocenters. The maximum Gasteiger partial charge on any atom is 0.237 e. The van der Waals surface area contributed by atoms with Crippen molar-refractivity contribution in [3.05, 3.63) is 35.1 Å². The summed E-state index contributed by atoms with van der Waals surface area (Å²) in [5, 5.41) is 0. The van der Waals surface area contributed by atoms with Gasteiger partial charge in [-0.3, -0.25) is 9.69 Å². The molecular weight excluding hydrogens is 317 g/mol. The molecule has 136 valence electrons. The van der Waals surface area contributed by atoms with E-state index >= 15 is 0 Å². The highest BCUT2D eigenvalue weighted by atomic mass is 19.1. The highest BCUT2D eigenvalue weighted by Gasteiger charge is 2.53. The number of hydrogen-bond acceptors (Lipinski definition) is 3. The molecule has 0 saturated heterocycles. The topological polar surface area (TPSA) is 58.7 Å². The van der Waals surface area contributed by atoms with Crippen molar-refractivity contribution < 1.29 is 9.18 Å². The third kappa shape index (κ3) is 2.83. The first-order valence-electron chi connectivity index (χ1n) is 9.09. The molecule has 3 rings (SSSR count). The first-order valence-corrected chi connectivity index (χ1v) is 9.09.